The van der Waals surface area contributed by atoms with Crippen molar-refractivity contribution in [3.63, 3.8) is 0 Å². The number of hydrogen-bond acceptors (Lipinski definition) is 3. The fourth-order valence-electron chi connectivity index (χ4n) is 8.32. The summed E-state index contributed by atoms with van der Waals surface area (Å²) in [5.41, 5.74) is 14.5. The fourth-order valence-corrected chi connectivity index (χ4v) is 8.32. The van der Waals surface area contributed by atoms with Crippen LogP contribution in [0.5, 0.6) is 0 Å². The van der Waals surface area contributed by atoms with Crippen molar-refractivity contribution in [2.45, 2.75) is 19.3 Å². The zero-order chi connectivity index (χ0) is 35.0. The molecule has 0 amide bonds. The van der Waals surface area contributed by atoms with Gasteiger partial charge < -0.3 is 4.57 Å². The molecule has 1 aliphatic carbocycles. The van der Waals surface area contributed by atoms with Gasteiger partial charge in [0.1, 0.15) is 0 Å². The Balaban J connectivity index is 1.29. The molecule has 1 aliphatic rings. The van der Waals surface area contributed by atoms with Gasteiger partial charge >= 0.3 is 0 Å². The Kier molecular flexibility index (Phi) is 6.55. The first-order valence-electron chi connectivity index (χ1n) is 17.6. The number of aromatic nitrogens is 3. The van der Waals surface area contributed by atoms with Crippen molar-refractivity contribution < 1.29 is 0 Å². The largest absolute Gasteiger partial charge is 0.309 e. The molecule has 7 aromatic carbocycles. The molecule has 244 valence electrons. The van der Waals surface area contributed by atoms with Crippen molar-refractivity contribution in [2.24, 2.45) is 0 Å². The molecule has 4 heteroatoms. The molecule has 52 heavy (non-hydrogen) atoms. The van der Waals surface area contributed by atoms with Crippen molar-refractivity contribution in [1.29, 1.82) is 5.26 Å². The Morgan fingerprint density at radius 3 is 2.06 bits per heavy atom. The number of benzene rings is 7. The molecule has 0 bridgehead atoms. The van der Waals surface area contributed by atoms with Crippen LogP contribution in [0.2, 0.25) is 0 Å². The molecular formula is C48H32N4. The quantitative estimate of drug-likeness (QED) is 0.188. The van der Waals surface area contributed by atoms with Crippen LogP contribution in [0.25, 0.3) is 83.3 Å². The Morgan fingerprint density at radius 2 is 1.21 bits per heavy atom. The Labute approximate surface area is 301 Å². The summed E-state index contributed by atoms with van der Waals surface area (Å²) in [6.07, 6.45) is 0. The van der Waals surface area contributed by atoms with Gasteiger partial charge in [-0.1, -0.05) is 123 Å². The van der Waals surface area contributed by atoms with Gasteiger partial charge in [0.25, 0.3) is 0 Å². The lowest BCUT2D eigenvalue weighted by atomic mass is 9.82. The molecule has 9 aromatic rings. The Bertz CT molecular complexity index is 2940. The maximum absolute atomic E-state index is 10.2. The van der Waals surface area contributed by atoms with Gasteiger partial charge in [0.15, 0.2) is 5.82 Å². The first-order chi connectivity index (χ1) is 25.5. The minimum absolute atomic E-state index is 0.110. The summed E-state index contributed by atoms with van der Waals surface area (Å²) >= 11 is 0. The van der Waals surface area contributed by atoms with E-state index in [0.29, 0.717) is 11.4 Å². The number of rotatable bonds is 4. The highest BCUT2D eigenvalue weighted by atomic mass is 15.0. The van der Waals surface area contributed by atoms with Gasteiger partial charge in [0.05, 0.1) is 33.9 Å². The first kappa shape index (κ1) is 30.0. The van der Waals surface area contributed by atoms with Gasteiger partial charge in [-0.2, -0.15) is 5.26 Å². The van der Waals surface area contributed by atoms with E-state index in [1.807, 2.05) is 54.6 Å². The smallest absolute Gasteiger partial charge is 0.160 e. The van der Waals surface area contributed by atoms with Crippen LogP contribution in [-0.4, -0.2) is 14.5 Å². The predicted octanol–water partition coefficient (Wildman–Crippen LogP) is 11.9. The number of fused-ring (bicyclic) bond motifs is 7. The maximum atomic E-state index is 10.2. The third kappa shape index (κ3) is 4.46. The number of hydrogen-bond donors (Lipinski definition) is 0. The van der Waals surface area contributed by atoms with Crippen molar-refractivity contribution >= 4 is 32.7 Å². The lowest BCUT2D eigenvalue weighted by molar-refractivity contribution is 0.661. The molecule has 2 aromatic heterocycles. The lowest BCUT2D eigenvalue weighted by Gasteiger charge is -2.21. The summed E-state index contributed by atoms with van der Waals surface area (Å²) in [6.45, 7) is 4.66. The highest BCUT2D eigenvalue weighted by Crippen LogP contribution is 2.51. The van der Waals surface area contributed by atoms with E-state index >= 15 is 0 Å². The van der Waals surface area contributed by atoms with Crippen LogP contribution in [-0.2, 0) is 5.41 Å². The van der Waals surface area contributed by atoms with E-state index in [-0.39, 0.29) is 5.41 Å². The molecular weight excluding hydrogens is 633 g/mol. The van der Waals surface area contributed by atoms with E-state index in [1.54, 1.807) is 0 Å². The summed E-state index contributed by atoms with van der Waals surface area (Å²) in [4.78, 5) is 10.4. The summed E-state index contributed by atoms with van der Waals surface area (Å²) in [7, 11) is 0. The van der Waals surface area contributed by atoms with Gasteiger partial charge in [0.2, 0.25) is 0 Å². The average Bonchev–Trinajstić information content (AvgIpc) is 3.64. The van der Waals surface area contributed by atoms with Crippen LogP contribution in [0.3, 0.4) is 0 Å². The molecule has 0 unspecified atom stereocenters. The van der Waals surface area contributed by atoms with E-state index in [4.69, 9.17) is 9.97 Å². The second-order valence-corrected chi connectivity index (χ2v) is 14.1. The molecule has 2 heterocycles. The standard InChI is InChI=1S/C48H32N4/c1-48(2)41-21-11-8-18-36(41)39-28-45-40(27-42(39)48)37-19-10-13-23-44(37)52(45)34-25-32(35-17-7-6-16-31(35)29-49)24-33(26-34)47-50-43-22-12-9-20-38(43)46(51-47)30-14-4-3-5-15-30/h3-28H,1-2H3. The van der Waals surface area contributed by atoms with E-state index < -0.39 is 0 Å². The van der Waals surface area contributed by atoms with Crippen molar-refractivity contribution in [3.8, 4) is 56.7 Å². The van der Waals surface area contributed by atoms with Crippen molar-refractivity contribution in [2.75, 3.05) is 0 Å². The molecule has 0 fully saturated rings. The fraction of sp³-hybridized carbons (Fsp3) is 0.0625. The topological polar surface area (TPSA) is 54.5 Å². The molecule has 0 atom stereocenters. The highest BCUT2D eigenvalue weighted by Gasteiger charge is 2.36. The van der Waals surface area contributed by atoms with Gasteiger partial charge in [-0.25, -0.2) is 9.97 Å². The lowest BCUT2D eigenvalue weighted by Crippen LogP contribution is -2.14. The molecule has 4 nitrogen and oxygen atoms in total. The van der Waals surface area contributed by atoms with Crippen LogP contribution >= 0.6 is 0 Å². The summed E-state index contributed by atoms with van der Waals surface area (Å²) in [5.74, 6) is 0.632. The molecule has 0 saturated heterocycles. The number of nitrogens with zero attached hydrogens (tertiary/aromatic N) is 4. The van der Waals surface area contributed by atoms with Gasteiger partial charge in [-0.3, -0.25) is 0 Å². The third-order valence-electron chi connectivity index (χ3n) is 10.8. The molecule has 0 radical (unpaired) electrons. The Hall–Kier alpha value is -6.83. The Morgan fingerprint density at radius 1 is 0.519 bits per heavy atom. The second-order valence-electron chi connectivity index (χ2n) is 14.1. The van der Waals surface area contributed by atoms with E-state index in [0.717, 1.165) is 55.6 Å². The van der Waals surface area contributed by atoms with Crippen molar-refractivity contribution in [1.82, 2.24) is 14.5 Å². The average molecular weight is 665 g/mol. The summed E-state index contributed by atoms with van der Waals surface area (Å²) in [6, 6.07) is 57.5. The SMILES string of the molecule is CC1(C)c2ccccc2-c2cc3c(cc21)c1ccccc1n3-c1cc(-c2nc(-c3ccccc3)c3ccccc3n2)cc(-c2ccccc2C#N)c1. The monoisotopic (exact) mass is 664 g/mol. The molecule has 0 N–H and O–H groups in total. The minimum Gasteiger partial charge on any atom is -0.309 e. The molecule has 0 saturated carbocycles. The number of nitriles is 1. The minimum atomic E-state index is -0.110. The molecule has 0 aliphatic heterocycles. The van der Waals surface area contributed by atoms with E-state index in [1.165, 1.54) is 33.0 Å². The van der Waals surface area contributed by atoms with Crippen LogP contribution in [0.4, 0.5) is 0 Å². The second kappa shape index (κ2) is 11.3. The van der Waals surface area contributed by atoms with E-state index in [9.17, 15) is 5.26 Å². The molecule has 10 rings (SSSR count). The zero-order valence-corrected chi connectivity index (χ0v) is 28.8. The summed E-state index contributed by atoms with van der Waals surface area (Å²) < 4.78 is 2.38. The van der Waals surface area contributed by atoms with Crippen LogP contribution in [0.1, 0.15) is 30.5 Å². The zero-order valence-electron chi connectivity index (χ0n) is 28.8. The van der Waals surface area contributed by atoms with E-state index in [2.05, 4.69) is 128 Å². The van der Waals surface area contributed by atoms with Gasteiger partial charge in [-0.15, -0.1) is 0 Å². The number of para-hydroxylation sites is 2. The molecule has 0 spiro atoms. The van der Waals surface area contributed by atoms with Crippen LogP contribution in [0.15, 0.2) is 158 Å². The summed E-state index contributed by atoms with van der Waals surface area (Å²) in [5, 5.41) is 13.6. The maximum Gasteiger partial charge on any atom is 0.160 e. The van der Waals surface area contributed by atoms with Gasteiger partial charge in [-0.05, 0) is 81.9 Å². The van der Waals surface area contributed by atoms with Crippen LogP contribution < -0.4 is 0 Å². The van der Waals surface area contributed by atoms with Gasteiger partial charge in [0, 0.05) is 38.4 Å². The van der Waals surface area contributed by atoms with Crippen LogP contribution in [0, 0.1) is 11.3 Å². The highest BCUT2D eigenvalue weighted by molar-refractivity contribution is 6.11. The first-order valence-corrected chi connectivity index (χ1v) is 17.6. The predicted molar refractivity (Wildman–Crippen MR) is 212 cm³/mol. The normalized spacial score (nSPS) is 12.9. The van der Waals surface area contributed by atoms with Crippen molar-refractivity contribution in [3.05, 3.63) is 174 Å². The third-order valence-corrected chi connectivity index (χ3v) is 10.8.